The van der Waals surface area contributed by atoms with E-state index in [2.05, 4.69) is 4.98 Å². The number of hydrogen-bond acceptors (Lipinski definition) is 4. The summed E-state index contributed by atoms with van der Waals surface area (Å²) in [5.74, 6) is -0.325. The smallest absolute Gasteiger partial charge is 0.298 e. The first-order valence-corrected chi connectivity index (χ1v) is 8.18. The van der Waals surface area contributed by atoms with Gasteiger partial charge in [-0.05, 0) is 36.8 Å². The van der Waals surface area contributed by atoms with E-state index in [0.29, 0.717) is 35.3 Å². The lowest BCUT2D eigenvalue weighted by Gasteiger charge is -2.37. The monoisotopic (exact) mass is 346 g/mol. The number of benzene rings is 2. The number of oxazole rings is 1. The first-order chi connectivity index (χ1) is 11.6. The van der Waals surface area contributed by atoms with Gasteiger partial charge in [0.15, 0.2) is 5.58 Å². The second kappa shape index (κ2) is 6.07. The zero-order chi connectivity index (χ0) is 16.7. The number of rotatable bonds is 2. The van der Waals surface area contributed by atoms with Gasteiger partial charge in [0.25, 0.3) is 6.01 Å². The Balaban J connectivity index is 1.65. The van der Waals surface area contributed by atoms with Crippen LogP contribution in [0, 0.1) is 5.82 Å². The first kappa shape index (κ1) is 15.4. The van der Waals surface area contributed by atoms with Crippen LogP contribution in [-0.2, 0) is 4.74 Å². The SMILES string of the molecule is CC1COC(c2cccc(Cl)c2)CN1c1nc2cc(F)ccc2o1. The van der Waals surface area contributed by atoms with Gasteiger partial charge in [-0.15, -0.1) is 0 Å². The molecule has 0 aliphatic carbocycles. The van der Waals surface area contributed by atoms with E-state index < -0.39 is 0 Å². The second-order valence-electron chi connectivity index (χ2n) is 5.99. The maximum absolute atomic E-state index is 13.4. The van der Waals surface area contributed by atoms with E-state index >= 15 is 0 Å². The Kier molecular flexibility index (Phi) is 3.90. The number of halogens is 2. The van der Waals surface area contributed by atoms with Gasteiger partial charge < -0.3 is 14.1 Å². The molecule has 2 aromatic carbocycles. The molecule has 124 valence electrons. The summed E-state index contributed by atoms with van der Waals surface area (Å²) >= 11 is 6.08. The Hall–Kier alpha value is -2.11. The van der Waals surface area contributed by atoms with E-state index in [1.54, 1.807) is 6.07 Å². The Morgan fingerprint density at radius 2 is 2.12 bits per heavy atom. The minimum absolute atomic E-state index is 0.110. The number of aromatic nitrogens is 1. The van der Waals surface area contributed by atoms with Crippen LogP contribution in [0.2, 0.25) is 5.02 Å². The highest BCUT2D eigenvalue weighted by atomic mass is 35.5. The summed E-state index contributed by atoms with van der Waals surface area (Å²) in [5.41, 5.74) is 2.11. The van der Waals surface area contributed by atoms with Gasteiger partial charge in [-0.3, -0.25) is 0 Å². The summed E-state index contributed by atoms with van der Waals surface area (Å²) in [6.45, 7) is 3.19. The third-order valence-corrected chi connectivity index (χ3v) is 4.47. The Morgan fingerprint density at radius 1 is 1.25 bits per heavy atom. The molecule has 0 spiro atoms. The molecule has 1 fully saturated rings. The van der Waals surface area contributed by atoms with Gasteiger partial charge in [0, 0.05) is 11.1 Å². The van der Waals surface area contributed by atoms with Crippen LogP contribution in [0.25, 0.3) is 11.1 Å². The van der Waals surface area contributed by atoms with Crippen LogP contribution in [-0.4, -0.2) is 24.2 Å². The van der Waals surface area contributed by atoms with Gasteiger partial charge in [-0.25, -0.2) is 4.39 Å². The van der Waals surface area contributed by atoms with E-state index in [1.165, 1.54) is 12.1 Å². The lowest BCUT2D eigenvalue weighted by molar-refractivity contribution is 0.0197. The van der Waals surface area contributed by atoms with Crippen LogP contribution in [0.15, 0.2) is 46.9 Å². The molecular formula is C18H16ClFN2O2. The quantitative estimate of drug-likeness (QED) is 0.680. The molecule has 1 aliphatic rings. The van der Waals surface area contributed by atoms with Crippen molar-refractivity contribution in [2.45, 2.75) is 19.1 Å². The van der Waals surface area contributed by atoms with Crippen molar-refractivity contribution in [3.63, 3.8) is 0 Å². The molecule has 24 heavy (non-hydrogen) atoms. The van der Waals surface area contributed by atoms with E-state index in [0.717, 1.165) is 5.56 Å². The molecule has 1 aliphatic heterocycles. The second-order valence-corrected chi connectivity index (χ2v) is 6.42. The molecular weight excluding hydrogens is 331 g/mol. The molecule has 0 N–H and O–H groups in total. The lowest BCUT2D eigenvalue weighted by atomic mass is 10.1. The molecule has 6 heteroatoms. The van der Waals surface area contributed by atoms with Crippen molar-refractivity contribution in [1.82, 2.24) is 4.98 Å². The van der Waals surface area contributed by atoms with Gasteiger partial charge in [0.05, 0.1) is 19.2 Å². The molecule has 0 saturated carbocycles. The van der Waals surface area contributed by atoms with Crippen LogP contribution in [0.3, 0.4) is 0 Å². The molecule has 2 heterocycles. The highest BCUT2D eigenvalue weighted by molar-refractivity contribution is 6.30. The summed E-state index contributed by atoms with van der Waals surface area (Å²) < 4.78 is 25.1. The predicted molar refractivity (Wildman–Crippen MR) is 90.9 cm³/mol. The van der Waals surface area contributed by atoms with Crippen molar-refractivity contribution in [3.8, 4) is 0 Å². The number of anilines is 1. The molecule has 2 unspecified atom stereocenters. The normalized spacial score (nSPS) is 21.4. The zero-order valence-corrected chi connectivity index (χ0v) is 13.8. The van der Waals surface area contributed by atoms with Crippen LogP contribution in [0.1, 0.15) is 18.6 Å². The number of ether oxygens (including phenoxy) is 1. The predicted octanol–water partition coefficient (Wildman–Crippen LogP) is 4.59. The average Bonchev–Trinajstić information content (AvgIpc) is 2.98. The third kappa shape index (κ3) is 2.85. The summed E-state index contributed by atoms with van der Waals surface area (Å²) in [6, 6.07) is 12.6. The van der Waals surface area contributed by atoms with Crippen molar-refractivity contribution in [3.05, 3.63) is 58.9 Å². The van der Waals surface area contributed by atoms with Crippen molar-refractivity contribution in [1.29, 1.82) is 0 Å². The van der Waals surface area contributed by atoms with E-state index in [9.17, 15) is 4.39 Å². The molecule has 4 nitrogen and oxygen atoms in total. The van der Waals surface area contributed by atoms with Crippen molar-refractivity contribution < 1.29 is 13.5 Å². The minimum atomic E-state index is -0.325. The van der Waals surface area contributed by atoms with Crippen LogP contribution in [0.5, 0.6) is 0 Å². The van der Waals surface area contributed by atoms with E-state index in [1.807, 2.05) is 36.1 Å². The van der Waals surface area contributed by atoms with Crippen molar-refractivity contribution in [2.75, 3.05) is 18.1 Å². The van der Waals surface area contributed by atoms with Crippen LogP contribution >= 0.6 is 11.6 Å². The van der Waals surface area contributed by atoms with Gasteiger partial charge in [0.1, 0.15) is 17.4 Å². The fraction of sp³-hybridized carbons (Fsp3) is 0.278. The third-order valence-electron chi connectivity index (χ3n) is 4.24. The summed E-state index contributed by atoms with van der Waals surface area (Å²) in [5, 5.41) is 0.679. The molecule has 0 amide bonds. The number of nitrogens with zero attached hydrogens (tertiary/aromatic N) is 2. The maximum atomic E-state index is 13.4. The fourth-order valence-corrected chi connectivity index (χ4v) is 3.14. The number of morpholine rings is 1. The Labute approximate surface area is 143 Å². The fourth-order valence-electron chi connectivity index (χ4n) is 2.94. The molecule has 1 aromatic heterocycles. The van der Waals surface area contributed by atoms with Crippen molar-refractivity contribution in [2.24, 2.45) is 0 Å². The van der Waals surface area contributed by atoms with Gasteiger partial charge >= 0.3 is 0 Å². The molecule has 2 atom stereocenters. The first-order valence-electron chi connectivity index (χ1n) is 7.80. The maximum Gasteiger partial charge on any atom is 0.298 e. The zero-order valence-electron chi connectivity index (χ0n) is 13.1. The number of hydrogen-bond donors (Lipinski definition) is 0. The van der Waals surface area contributed by atoms with Gasteiger partial charge in [-0.2, -0.15) is 4.98 Å². The summed E-state index contributed by atoms with van der Waals surface area (Å²) in [7, 11) is 0. The highest BCUT2D eigenvalue weighted by Gasteiger charge is 2.30. The Morgan fingerprint density at radius 3 is 2.96 bits per heavy atom. The molecule has 1 saturated heterocycles. The van der Waals surface area contributed by atoms with Crippen LogP contribution < -0.4 is 4.90 Å². The molecule has 0 radical (unpaired) electrons. The molecule has 3 aromatic rings. The van der Waals surface area contributed by atoms with E-state index in [-0.39, 0.29) is 18.0 Å². The summed E-state index contributed by atoms with van der Waals surface area (Å²) in [4.78, 5) is 6.48. The summed E-state index contributed by atoms with van der Waals surface area (Å²) in [6.07, 6.45) is -0.119. The van der Waals surface area contributed by atoms with Gasteiger partial charge in [-0.1, -0.05) is 23.7 Å². The minimum Gasteiger partial charge on any atom is -0.423 e. The molecule has 4 rings (SSSR count). The van der Waals surface area contributed by atoms with Gasteiger partial charge in [0.2, 0.25) is 0 Å². The molecule has 0 bridgehead atoms. The van der Waals surface area contributed by atoms with E-state index in [4.69, 9.17) is 20.8 Å². The van der Waals surface area contributed by atoms with Crippen molar-refractivity contribution >= 4 is 28.7 Å². The highest BCUT2D eigenvalue weighted by Crippen LogP contribution is 2.31. The average molecular weight is 347 g/mol. The lowest BCUT2D eigenvalue weighted by Crippen LogP contribution is -2.45. The number of fused-ring (bicyclic) bond motifs is 1. The van der Waals surface area contributed by atoms with Crippen LogP contribution in [0.4, 0.5) is 10.4 Å². The standard InChI is InChI=1S/C18H16ClFN2O2/c1-11-10-23-17(12-3-2-4-13(19)7-12)9-22(11)18-21-15-8-14(20)5-6-16(15)24-18/h2-8,11,17H,9-10H2,1H3. The Bertz CT molecular complexity index is 882. The largest absolute Gasteiger partial charge is 0.423 e. The topological polar surface area (TPSA) is 38.5 Å².